The minimum absolute atomic E-state index is 0.0868. The van der Waals surface area contributed by atoms with Crippen molar-refractivity contribution in [2.75, 3.05) is 19.5 Å². The number of hydrogen-bond donors (Lipinski definition) is 2. The molecule has 0 aromatic heterocycles. The average Bonchev–Trinajstić information content (AvgIpc) is 2.71. The van der Waals surface area contributed by atoms with Crippen molar-refractivity contribution in [3.05, 3.63) is 63.7 Å². The van der Waals surface area contributed by atoms with E-state index in [0.29, 0.717) is 30.4 Å². The van der Waals surface area contributed by atoms with Gasteiger partial charge in [-0.2, -0.15) is 0 Å². The highest BCUT2D eigenvalue weighted by atomic mass is 35.5. The van der Waals surface area contributed by atoms with Gasteiger partial charge in [-0.1, -0.05) is 65.3 Å². The van der Waals surface area contributed by atoms with E-state index in [1.54, 1.807) is 0 Å². The molecule has 0 radical (unpaired) electrons. The van der Waals surface area contributed by atoms with Crippen LogP contribution in [-0.2, 0) is 30.9 Å². The third-order valence-corrected chi connectivity index (χ3v) is 7.81. The number of halogens is 1. The van der Waals surface area contributed by atoms with Crippen LogP contribution in [0, 0.1) is 0 Å². The van der Waals surface area contributed by atoms with E-state index in [1.165, 1.54) is 0 Å². The van der Waals surface area contributed by atoms with Gasteiger partial charge in [-0.15, -0.1) is 0 Å². The maximum absolute atomic E-state index is 13.2. The lowest BCUT2D eigenvalue weighted by Crippen LogP contribution is -2.27. The first-order chi connectivity index (χ1) is 15.7. The van der Waals surface area contributed by atoms with Crippen LogP contribution in [0.15, 0.2) is 36.4 Å². The zero-order valence-electron chi connectivity index (χ0n) is 21.9. The minimum atomic E-state index is -3.29. The SMILES string of the molecule is CCOP(=O)(CNC(Cc1ccc(Cl)cc1)c1cc(C(C)(C)C)c(O)c(C(C)(C)C)c1)OCC. The highest BCUT2D eigenvalue weighted by Crippen LogP contribution is 2.48. The molecule has 0 saturated carbocycles. The molecule has 34 heavy (non-hydrogen) atoms. The van der Waals surface area contributed by atoms with Gasteiger partial charge in [-0.25, -0.2) is 0 Å². The topological polar surface area (TPSA) is 67.8 Å². The third kappa shape index (κ3) is 7.83. The molecule has 2 aromatic rings. The van der Waals surface area contributed by atoms with Gasteiger partial charge < -0.3 is 14.2 Å². The molecule has 2 rings (SSSR count). The highest BCUT2D eigenvalue weighted by molar-refractivity contribution is 7.53. The first kappa shape index (κ1) is 28.9. The normalized spacial score (nSPS) is 13.8. The van der Waals surface area contributed by atoms with Crippen LogP contribution in [0.4, 0.5) is 0 Å². The van der Waals surface area contributed by atoms with Gasteiger partial charge in [0.15, 0.2) is 0 Å². The fraction of sp³-hybridized carbons (Fsp3) is 0.556. The van der Waals surface area contributed by atoms with Crippen LogP contribution in [0.3, 0.4) is 0 Å². The maximum Gasteiger partial charge on any atom is 0.344 e. The Labute approximate surface area is 210 Å². The van der Waals surface area contributed by atoms with Crippen LogP contribution >= 0.6 is 19.2 Å². The Morgan fingerprint density at radius 3 is 1.82 bits per heavy atom. The van der Waals surface area contributed by atoms with Crippen molar-refractivity contribution < 1.29 is 18.7 Å². The second-order valence-corrected chi connectivity index (χ2v) is 13.1. The molecule has 0 fully saturated rings. The summed E-state index contributed by atoms with van der Waals surface area (Å²) in [4.78, 5) is 0. The van der Waals surface area contributed by atoms with Gasteiger partial charge in [-0.3, -0.25) is 9.88 Å². The molecule has 2 N–H and O–H groups in total. The second kappa shape index (κ2) is 11.6. The number of nitrogens with one attached hydrogen (secondary N) is 1. The molecule has 0 aliphatic rings. The number of benzene rings is 2. The second-order valence-electron chi connectivity index (χ2n) is 10.7. The monoisotopic (exact) mass is 509 g/mol. The van der Waals surface area contributed by atoms with Gasteiger partial charge in [0.25, 0.3) is 0 Å². The lowest BCUT2D eigenvalue weighted by molar-refractivity contribution is 0.216. The molecule has 1 atom stereocenters. The fourth-order valence-corrected chi connectivity index (χ4v) is 5.52. The van der Waals surface area contributed by atoms with E-state index < -0.39 is 7.60 Å². The molecule has 0 heterocycles. The molecule has 0 aliphatic heterocycles. The highest BCUT2D eigenvalue weighted by Gasteiger charge is 2.30. The number of phenolic OH excluding ortho intramolecular Hbond substituents is 1. The Balaban J connectivity index is 2.58. The van der Waals surface area contributed by atoms with E-state index in [-0.39, 0.29) is 23.2 Å². The van der Waals surface area contributed by atoms with Gasteiger partial charge >= 0.3 is 7.60 Å². The van der Waals surface area contributed by atoms with E-state index in [0.717, 1.165) is 22.3 Å². The smallest absolute Gasteiger partial charge is 0.344 e. The van der Waals surface area contributed by atoms with E-state index >= 15 is 0 Å². The van der Waals surface area contributed by atoms with Gasteiger partial charge in [0.2, 0.25) is 0 Å². The predicted molar refractivity (Wildman–Crippen MR) is 142 cm³/mol. The lowest BCUT2D eigenvalue weighted by atomic mass is 9.77. The molecule has 0 amide bonds. The van der Waals surface area contributed by atoms with Crippen molar-refractivity contribution in [3.63, 3.8) is 0 Å². The first-order valence-electron chi connectivity index (χ1n) is 11.9. The van der Waals surface area contributed by atoms with Gasteiger partial charge in [0, 0.05) is 11.1 Å². The van der Waals surface area contributed by atoms with Gasteiger partial charge in [-0.05, 0) is 77.6 Å². The molecule has 0 bridgehead atoms. The fourth-order valence-electron chi connectivity index (χ4n) is 3.91. The lowest BCUT2D eigenvalue weighted by Gasteiger charge is -2.31. The summed E-state index contributed by atoms with van der Waals surface area (Å²) in [5.41, 5.74) is 3.37. The van der Waals surface area contributed by atoms with E-state index in [2.05, 4.69) is 59.0 Å². The molecular weight excluding hydrogens is 469 g/mol. The molecule has 5 nitrogen and oxygen atoms in total. The Morgan fingerprint density at radius 2 is 1.41 bits per heavy atom. The zero-order chi connectivity index (χ0) is 25.7. The molecule has 190 valence electrons. The van der Waals surface area contributed by atoms with Crippen LogP contribution < -0.4 is 5.32 Å². The third-order valence-electron chi connectivity index (χ3n) is 5.69. The molecule has 7 heteroatoms. The molecule has 1 unspecified atom stereocenters. The summed E-state index contributed by atoms with van der Waals surface area (Å²) in [7, 11) is -3.29. The van der Waals surface area contributed by atoms with Crippen LogP contribution in [0.1, 0.15) is 83.7 Å². The predicted octanol–water partition coefficient (Wildman–Crippen LogP) is 7.74. The standard InChI is InChI=1S/C27H41ClNO4P/c1-9-32-34(31,33-10-2)18-29-24(15-19-11-13-21(28)14-12-19)20-16-22(26(3,4)5)25(30)23(17-20)27(6,7)8/h11-14,16-17,24,29-30H,9-10,15,18H2,1-8H3. The summed E-state index contributed by atoms with van der Waals surface area (Å²) in [6.45, 7) is 16.8. The van der Waals surface area contributed by atoms with E-state index in [1.807, 2.05) is 38.1 Å². The van der Waals surface area contributed by atoms with Crippen LogP contribution in [0.5, 0.6) is 5.75 Å². The number of hydrogen-bond acceptors (Lipinski definition) is 5. The van der Waals surface area contributed by atoms with Gasteiger partial charge in [0.05, 0.1) is 19.5 Å². The average molecular weight is 510 g/mol. The van der Waals surface area contributed by atoms with E-state index in [4.69, 9.17) is 20.6 Å². The van der Waals surface area contributed by atoms with Crippen molar-refractivity contribution >= 4 is 19.2 Å². The Bertz CT molecular complexity index is 948. The molecular formula is C27H41ClNO4P. The number of aromatic hydroxyl groups is 1. The van der Waals surface area contributed by atoms with Crippen molar-refractivity contribution in [1.29, 1.82) is 0 Å². The molecule has 2 aromatic carbocycles. The minimum Gasteiger partial charge on any atom is -0.507 e. The molecule has 0 saturated heterocycles. The Kier molecular flexibility index (Phi) is 9.84. The van der Waals surface area contributed by atoms with Crippen molar-refractivity contribution in [2.24, 2.45) is 0 Å². The largest absolute Gasteiger partial charge is 0.507 e. The summed E-state index contributed by atoms with van der Waals surface area (Å²) in [5, 5.41) is 15.3. The van der Waals surface area contributed by atoms with Gasteiger partial charge in [0.1, 0.15) is 5.75 Å². The molecule has 0 spiro atoms. The summed E-state index contributed by atoms with van der Waals surface area (Å²) in [5.74, 6) is 0.336. The quantitative estimate of drug-likeness (QED) is 0.320. The Hall–Kier alpha value is -1.36. The van der Waals surface area contributed by atoms with Crippen molar-refractivity contribution in [2.45, 2.75) is 78.7 Å². The van der Waals surface area contributed by atoms with Crippen LogP contribution in [-0.4, -0.2) is 24.6 Å². The molecule has 0 aliphatic carbocycles. The van der Waals surface area contributed by atoms with Crippen LogP contribution in [0.2, 0.25) is 5.02 Å². The number of phenols is 1. The van der Waals surface area contributed by atoms with Crippen molar-refractivity contribution in [3.8, 4) is 5.75 Å². The zero-order valence-corrected chi connectivity index (χ0v) is 23.5. The van der Waals surface area contributed by atoms with E-state index in [9.17, 15) is 9.67 Å². The summed E-state index contributed by atoms with van der Waals surface area (Å²) in [6, 6.07) is 11.7. The summed E-state index contributed by atoms with van der Waals surface area (Å²) < 4.78 is 24.2. The maximum atomic E-state index is 13.2. The summed E-state index contributed by atoms with van der Waals surface area (Å²) >= 11 is 6.10. The first-order valence-corrected chi connectivity index (χ1v) is 14.0. The Morgan fingerprint density at radius 1 is 0.941 bits per heavy atom. The van der Waals surface area contributed by atoms with Crippen LogP contribution in [0.25, 0.3) is 0 Å². The van der Waals surface area contributed by atoms with Crippen molar-refractivity contribution in [1.82, 2.24) is 5.32 Å². The number of rotatable bonds is 10. The summed E-state index contributed by atoms with van der Waals surface area (Å²) in [6.07, 6.45) is 0.733.